The molecule has 4 heteroatoms. The van der Waals surface area contributed by atoms with E-state index in [1.54, 1.807) is 0 Å². The van der Waals surface area contributed by atoms with E-state index in [4.69, 9.17) is 0 Å². The average Bonchev–Trinajstić information content (AvgIpc) is 3.10. The van der Waals surface area contributed by atoms with Crippen LogP contribution in [0.3, 0.4) is 0 Å². The van der Waals surface area contributed by atoms with E-state index in [-0.39, 0.29) is 0 Å². The first-order valence-corrected chi connectivity index (χ1v) is 7.44. The summed E-state index contributed by atoms with van der Waals surface area (Å²) in [5, 5.41) is 9.61. The number of hydrogen-bond acceptors (Lipinski definition) is 3. The molecular weight excluding hydrogens is 222 g/mol. The molecule has 0 aromatic rings. The quantitative estimate of drug-likeness (QED) is 0.804. The molecule has 1 saturated carbocycles. The number of carboxylic acids is 1. The molecule has 2 aliphatic rings. The fourth-order valence-corrected chi connectivity index (χ4v) is 3.87. The zero-order valence-corrected chi connectivity index (χ0v) is 10.8. The SMILES string of the molecule is CCCN(C1CC1)C1(C(=O)O)CCSCC1. The predicted octanol–water partition coefficient (Wildman–Crippen LogP) is 2.21. The minimum atomic E-state index is -0.590. The Bertz CT molecular complexity index is 260. The number of thioether (sulfide) groups is 1. The van der Waals surface area contributed by atoms with Crippen LogP contribution in [0.4, 0.5) is 0 Å². The van der Waals surface area contributed by atoms with Gasteiger partial charge < -0.3 is 5.11 Å². The molecular formula is C12H21NO2S. The van der Waals surface area contributed by atoms with Crippen LogP contribution in [0.2, 0.25) is 0 Å². The molecule has 0 radical (unpaired) electrons. The van der Waals surface area contributed by atoms with Gasteiger partial charge in [0.2, 0.25) is 0 Å². The van der Waals surface area contributed by atoms with Gasteiger partial charge in [-0.05, 0) is 50.2 Å². The van der Waals surface area contributed by atoms with Gasteiger partial charge in [-0.2, -0.15) is 11.8 Å². The smallest absolute Gasteiger partial charge is 0.324 e. The summed E-state index contributed by atoms with van der Waals surface area (Å²) in [6.45, 7) is 3.09. The molecule has 0 spiro atoms. The summed E-state index contributed by atoms with van der Waals surface area (Å²) in [5.74, 6) is 1.41. The van der Waals surface area contributed by atoms with Crippen molar-refractivity contribution in [3.63, 3.8) is 0 Å². The van der Waals surface area contributed by atoms with Crippen molar-refractivity contribution in [3.05, 3.63) is 0 Å². The predicted molar refractivity (Wildman–Crippen MR) is 66.9 cm³/mol. The molecule has 1 N–H and O–H groups in total. The van der Waals surface area contributed by atoms with Gasteiger partial charge in [0.1, 0.15) is 5.54 Å². The topological polar surface area (TPSA) is 40.5 Å². The van der Waals surface area contributed by atoms with E-state index in [0.717, 1.165) is 37.3 Å². The van der Waals surface area contributed by atoms with Gasteiger partial charge >= 0.3 is 5.97 Å². The van der Waals surface area contributed by atoms with E-state index in [1.165, 1.54) is 12.8 Å². The van der Waals surface area contributed by atoms with E-state index >= 15 is 0 Å². The average molecular weight is 243 g/mol. The highest BCUT2D eigenvalue weighted by Gasteiger charge is 2.49. The summed E-state index contributed by atoms with van der Waals surface area (Å²) in [4.78, 5) is 14.0. The number of carbonyl (C=O) groups is 1. The monoisotopic (exact) mass is 243 g/mol. The molecule has 1 aliphatic heterocycles. The number of aliphatic carboxylic acids is 1. The highest BCUT2D eigenvalue weighted by Crippen LogP contribution is 2.40. The molecule has 1 heterocycles. The molecule has 0 atom stereocenters. The number of hydrogen-bond donors (Lipinski definition) is 1. The molecule has 0 unspecified atom stereocenters. The Kier molecular flexibility index (Phi) is 3.80. The minimum absolute atomic E-state index is 0.539. The second kappa shape index (κ2) is 4.96. The van der Waals surface area contributed by atoms with Crippen LogP contribution < -0.4 is 0 Å². The van der Waals surface area contributed by atoms with Crippen molar-refractivity contribution < 1.29 is 9.90 Å². The van der Waals surface area contributed by atoms with Crippen molar-refractivity contribution in [2.75, 3.05) is 18.1 Å². The Labute approximate surface area is 102 Å². The number of carboxylic acid groups (broad SMARTS) is 1. The molecule has 16 heavy (non-hydrogen) atoms. The third-order valence-electron chi connectivity index (χ3n) is 3.72. The first-order valence-electron chi connectivity index (χ1n) is 6.28. The number of nitrogens with zero attached hydrogens (tertiary/aromatic N) is 1. The largest absolute Gasteiger partial charge is 0.480 e. The first-order chi connectivity index (χ1) is 7.70. The van der Waals surface area contributed by atoms with E-state index in [2.05, 4.69) is 11.8 Å². The van der Waals surface area contributed by atoms with Gasteiger partial charge in [0.25, 0.3) is 0 Å². The van der Waals surface area contributed by atoms with E-state index in [9.17, 15) is 9.90 Å². The lowest BCUT2D eigenvalue weighted by molar-refractivity contribution is -0.153. The van der Waals surface area contributed by atoms with Crippen molar-refractivity contribution >= 4 is 17.7 Å². The Morgan fingerprint density at radius 2 is 2.06 bits per heavy atom. The van der Waals surface area contributed by atoms with E-state index in [0.29, 0.717) is 6.04 Å². The van der Waals surface area contributed by atoms with E-state index in [1.807, 2.05) is 11.8 Å². The summed E-state index contributed by atoms with van der Waals surface area (Å²) >= 11 is 1.89. The second-order valence-corrected chi connectivity index (χ2v) is 6.10. The van der Waals surface area contributed by atoms with Crippen LogP contribution in [0.25, 0.3) is 0 Å². The first kappa shape index (κ1) is 12.2. The minimum Gasteiger partial charge on any atom is -0.480 e. The molecule has 0 bridgehead atoms. The van der Waals surface area contributed by atoms with Crippen molar-refractivity contribution in [2.24, 2.45) is 0 Å². The van der Waals surface area contributed by atoms with Crippen molar-refractivity contribution in [1.82, 2.24) is 4.90 Å². The molecule has 1 aliphatic carbocycles. The lowest BCUT2D eigenvalue weighted by Crippen LogP contribution is -2.57. The van der Waals surface area contributed by atoms with Gasteiger partial charge in [0.05, 0.1) is 0 Å². The molecule has 2 fully saturated rings. The van der Waals surface area contributed by atoms with Gasteiger partial charge in [-0.1, -0.05) is 6.92 Å². The summed E-state index contributed by atoms with van der Waals surface area (Å²) in [6.07, 6.45) is 5.09. The van der Waals surface area contributed by atoms with Crippen molar-refractivity contribution in [1.29, 1.82) is 0 Å². The maximum Gasteiger partial charge on any atom is 0.324 e. The molecule has 0 aromatic carbocycles. The fraction of sp³-hybridized carbons (Fsp3) is 0.917. The fourth-order valence-electron chi connectivity index (χ4n) is 2.71. The van der Waals surface area contributed by atoms with Gasteiger partial charge in [-0.15, -0.1) is 0 Å². The summed E-state index contributed by atoms with van der Waals surface area (Å²) < 4.78 is 0. The van der Waals surface area contributed by atoms with Crippen LogP contribution in [0.5, 0.6) is 0 Å². The Hall–Kier alpha value is -0.220. The number of rotatable bonds is 5. The third-order valence-corrected chi connectivity index (χ3v) is 4.71. The van der Waals surface area contributed by atoms with Crippen LogP contribution in [0.1, 0.15) is 39.0 Å². The Morgan fingerprint density at radius 1 is 1.44 bits per heavy atom. The lowest BCUT2D eigenvalue weighted by atomic mass is 9.89. The summed E-state index contributed by atoms with van der Waals surface area (Å²) in [5.41, 5.74) is -0.539. The highest BCUT2D eigenvalue weighted by atomic mass is 32.2. The second-order valence-electron chi connectivity index (χ2n) is 4.87. The van der Waals surface area contributed by atoms with Crippen LogP contribution >= 0.6 is 11.8 Å². The van der Waals surface area contributed by atoms with Gasteiger partial charge in [-0.25, -0.2) is 0 Å². The standard InChI is InChI=1S/C12H21NO2S/c1-2-7-13(10-3-4-10)12(11(14)15)5-8-16-9-6-12/h10H,2-9H2,1H3,(H,14,15). The van der Waals surface area contributed by atoms with Crippen LogP contribution in [-0.4, -0.2) is 45.6 Å². The lowest BCUT2D eigenvalue weighted by Gasteiger charge is -2.43. The Morgan fingerprint density at radius 3 is 2.50 bits per heavy atom. The molecule has 2 rings (SSSR count). The molecule has 3 nitrogen and oxygen atoms in total. The van der Waals surface area contributed by atoms with Crippen molar-refractivity contribution in [3.8, 4) is 0 Å². The van der Waals surface area contributed by atoms with Gasteiger partial charge in [0, 0.05) is 6.04 Å². The van der Waals surface area contributed by atoms with Crippen LogP contribution in [0, 0.1) is 0 Å². The molecule has 0 aromatic heterocycles. The van der Waals surface area contributed by atoms with Gasteiger partial charge in [0.15, 0.2) is 0 Å². The molecule has 92 valence electrons. The maximum absolute atomic E-state index is 11.7. The third kappa shape index (κ3) is 2.23. The maximum atomic E-state index is 11.7. The summed E-state index contributed by atoms with van der Waals surface area (Å²) in [7, 11) is 0. The van der Waals surface area contributed by atoms with Crippen molar-refractivity contribution in [2.45, 2.75) is 50.6 Å². The zero-order valence-electron chi connectivity index (χ0n) is 9.95. The normalized spacial score (nSPS) is 24.6. The van der Waals surface area contributed by atoms with Crippen LogP contribution in [0.15, 0.2) is 0 Å². The highest BCUT2D eigenvalue weighted by molar-refractivity contribution is 7.99. The van der Waals surface area contributed by atoms with Gasteiger partial charge in [-0.3, -0.25) is 9.69 Å². The Balaban J connectivity index is 2.17. The molecule has 0 amide bonds. The zero-order chi connectivity index (χ0) is 11.6. The molecule has 1 saturated heterocycles. The van der Waals surface area contributed by atoms with Crippen LogP contribution in [-0.2, 0) is 4.79 Å². The van der Waals surface area contributed by atoms with E-state index < -0.39 is 11.5 Å². The summed E-state index contributed by atoms with van der Waals surface area (Å²) in [6, 6.07) is 0.555.